The molecule has 6 heteroatoms. The van der Waals surface area contributed by atoms with E-state index in [-0.39, 0.29) is 42.5 Å². The first-order chi connectivity index (χ1) is 21.6. The van der Waals surface area contributed by atoms with E-state index >= 15 is 0 Å². The minimum Gasteiger partial charge on any atom is -0.512 e. The number of aliphatic hydroxyl groups is 1. The molecule has 46 heavy (non-hydrogen) atoms. The second kappa shape index (κ2) is 14.5. The molecule has 4 aromatic carbocycles. The Hall–Kier alpha value is -3.44. The Labute approximate surface area is 290 Å². The van der Waals surface area contributed by atoms with Crippen LogP contribution in [0.1, 0.15) is 73.1 Å². The first-order valence-electron chi connectivity index (χ1n) is 16.0. The standard InChI is InChI=1S/C25H15N2S.C15H28O2.Ir/c1-15-26-24(20-11-10-16-6-2-3-7-17(16)12-20)23-21-13-18-8-4-5-9-19(18)14-22(21)28-25(23)27-15;1-7-14(5,8-2)12(16)11-13(17)15(6,9-3)10-4;/h2-10,12-14H,1H3;11,16H,7-10H2,1-6H3;/q-1;;/b;12-11-;. The molecule has 0 aliphatic carbocycles. The maximum absolute atomic E-state index is 12.2. The van der Waals surface area contributed by atoms with Gasteiger partial charge in [-0.1, -0.05) is 95.5 Å². The van der Waals surface area contributed by atoms with E-state index in [1.54, 1.807) is 11.3 Å². The van der Waals surface area contributed by atoms with Crippen LogP contribution in [0.4, 0.5) is 0 Å². The summed E-state index contributed by atoms with van der Waals surface area (Å²) in [6.07, 6.45) is 4.75. The summed E-state index contributed by atoms with van der Waals surface area (Å²) in [4.78, 5) is 22.8. The van der Waals surface area contributed by atoms with Gasteiger partial charge < -0.3 is 5.11 Å². The van der Waals surface area contributed by atoms with Crippen LogP contribution in [-0.4, -0.2) is 20.9 Å². The predicted octanol–water partition coefficient (Wildman–Crippen LogP) is 11.6. The number of carbonyl (C=O) groups is 1. The van der Waals surface area contributed by atoms with Gasteiger partial charge in [0.05, 0.1) is 0 Å². The number of ketones is 1. The number of hydrogen-bond donors (Lipinski definition) is 1. The number of nitrogens with zero attached hydrogens (tertiary/aromatic N) is 2. The number of thiophene rings is 1. The maximum atomic E-state index is 12.2. The van der Waals surface area contributed by atoms with Crippen LogP contribution in [0.2, 0.25) is 0 Å². The molecule has 1 N–H and O–H groups in total. The summed E-state index contributed by atoms with van der Waals surface area (Å²) < 4.78 is 1.25. The van der Waals surface area contributed by atoms with Crippen molar-refractivity contribution in [2.75, 3.05) is 0 Å². The Morgan fingerprint density at radius 2 is 1.37 bits per heavy atom. The van der Waals surface area contributed by atoms with Gasteiger partial charge in [-0.05, 0) is 60.9 Å². The number of allylic oxidation sites excluding steroid dienone is 2. The van der Waals surface area contributed by atoms with Crippen LogP contribution in [-0.2, 0) is 24.9 Å². The van der Waals surface area contributed by atoms with E-state index in [0.717, 1.165) is 53.0 Å². The van der Waals surface area contributed by atoms with Gasteiger partial charge in [0.15, 0.2) is 5.78 Å². The Morgan fingerprint density at radius 3 is 1.96 bits per heavy atom. The number of rotatable bonds is 8. The summed E-state index contributed by atoms with van der Waals surface area (Å²) in [7, 11) is 0. The fourth-order valence-electron chi connectivity index (χ4n) is 5.61. The van der Waals surface area contributed by atoms with Gasteiger partial charge in [-0.3, -0.25) is 9.78 Å². The van der Waals surface area contributed by atoms with Crippen molar-refractivity contribution in [2.45, 2.75) is 74.1 Å². The van der Waals surface area contributed by atoms with Gasteiger partial charge in [0, 0.05) is 52.8 Å². The zero-order valence-corrected chi connectivity index (χ0v) is 31.0. The number of aliphatic hydroxyl groups excluding tert-OH is 1. The average molecular weight is 808 g/mol. The van der Waals surface area contributed by atoms with Crippen LogP contribution in [0.25, 0.3) is 53.1 Å². The van der Waals surface area contributed by atoms with Crippen LogP contribution >= 0.6 is 11.3 Å². The molecule has 6 rings (SSSR count). The van der Waals surface area contributed by atoms with E-state index in [0.29, 0.717) is 0 Å². The third kappa shape index (κ3) is 6.95. The molecular formula is C40H43IrN2O2S-. The smallest absolute Gasteiger partial charge is 0.164 e. The van der Waals surface area contributed by atoms with Crippen molar-refractivity contribution in [3.05, 3.63) is 96.5 Å². The molecule has 0 atom stereocenters. The Bertz CT molecular complexity index is 2040. The summed E-state index contributed by atoms with van der Waals surface area (Å²) >= 11 is 1.74. The molecule has 6 aromatic rings. The quantitative estimate of drug-likeness (QED) is 0.0945. The van der Waals surface area contributed by atoms with Crippen LogP contribution in [0.15, 0.2) is 84.6 Å². The van der Waals surface area contributed by atoms with Gasteiger partial charge in [-0.2, -0.15) is 0 Å². The molecule has 0 fully saturated rings. The molecule has 2 aromatic heterocycles. The monoisotopic (exact) mass is 808 g/mol. The van der Waals surface area contributed by atoms with Gasteiger partial charge in [0.25, 0.3) is 0 Å². The number of carbonyl (C=O) groups excluding carboxylic acids is 1. The molecule has 0 unspecified atom stereocenters. The van der Waals surface area contributed by atoms with Crippen molar-refractivity contribution in [1.29, 1.82) is 0 Å². The molecule has 1 radical (unpaired) electrons. The number of fused-ring (bicyclic) bond motifs is 5. The van der Waals surface area contributed by atoms with Gasteiger partial charge in [-0.15, -0.1) is 40.5 Å². The van der Waals surface area contributed by atoms with E-state index in [1.807, 2.05) is 48.5 Å². The normalized spacial score (nSPS) is 12.3. The Balaban J connectivity index is 0.000000234. The van der Waals surface area contributed by atoms with Crippen molar-refractivity contribution in [3.8, 4) is 11.3 Å². The van der Waals surface area contributed by atoms with E-state index in [4.69, 9.17) is 9.97 Å². The SMILES string of the molecule is CCC(C)(CC)C(=O)/C=C(\O)C(C)(CC)CC.Cc1nc(-c2[c-]cc3ccccc3c2)c2c(n1)sc1cc3ccccc3cc12.[Ir]. The summed E-state index contributed by atoms with van der Waals surface area (Å²) in [5, 5.41) is 17.4. The van der Waals surface area contributed by atoms with E-state index in [2.05, 4.69) is 78.9 Å². The third-order valence-electron chi connectivity index (χ3n) is 9.85. The number of benzene rings is 4. The van der Waals surface area contributed by atoms with Gasteiger partial charge in [0.2, 0.25) is 0 Å². The Morgan fingerprint density at radius 1 is 0.826 bits per heavy atom. The molecule has 0 spiro atoms. The summed E-state index contributed by atoms with van der Waals surface area (Å²) in [5.41, 5.74) is 1.38. The molecular weight excluding hydrogens is 765 g/mol. The van der Waals surface area contributed by atoms with Crippen LogP contribution < -0.4 is 0 Å². The Kier molecular flexibility index (Phi) is 11.2. The number of hydrogen-bond acceptors (Lipinski definition) is 5. The molecule has 0 amide bonds. The minimum absolute atomic E-state index is 0. The van der Waals surface area contributed by atoms with Crippen molar-refractivity contribution in [2.24, 2.45) is 10.8 Å². The van der Waals surface area contributed by atoms with Crippen LogP contribution in [0.5, 0.6) is 0 Å². The average Bonchev–Trinajstić information content (AvgIpc) is 3.42. The van der Waals surface area contributed by atoms with E-state index < -0.39 is 0 Å². The van der Waals surface area contributed by atoms with E-state index in [1.165, 1.54) is 37.7 Å². The van der Waals surface area contributed by atoms with Crippen molar-refractivity contribution < 1.29 is 30.0 Å². The second-order valence-electron chi connectivity index (χ2n) is 12.5. The molecule has 0 aliphatic rings. The second-order valence-corrected chi connectivity index (χ2v) is 13.5. The molecule has 0 bridgehead atoms. The number of aromatic nitrogens is 2. The van der Waals surface area contributed by atoms with Crippen molar-refractivity contribution in [3.63, 3.8) is 0 Å². The molecule has 0 saturated heterocycles. The van der Waals surface area contributed by atoms with Crippen molar-refractivity contribution >= 4 is 59.0 Å². The largest absolute Gasteiger partial charge is 0.512 e. The van der Waals surface area contributed by atoms with E-state index in [9.17, 15) is 9.90 Å². The number of aryl methyl sites for hydroxylation is 1. The summed E-state index contributed by atoms with van der Waals surface area (Å²) in [6.45, 7) is 14.0. The summed E-state index contributed by atoms with van der Waals surface area (Å²) in [5.74, 6) is 1.08. The molecule has 0 saturated carbocycles. The zero-order valence-electron chi connectivity index (χ0n) is 27.8. The fourth-order valence-corrected chi connectivity index (χ4v) is 6.76. The molecule has 241 valence electrons. The van der Waals surface area contributed by atoms with Gasteiger partial charge in [0.1, 0.15) is 16.4 Å². The fraction of sp³-hybridized carbons (Fsp3) is 0.325. The van der Waals surface area contributed by atoms with Gasteiger partial charge in [-0.25, -0.2) is 4.98 Å². The zero-order chi connectivity index (χ0) is 32.4. The predicted molar refractivity (Wildman–Crippen MR) is 192 cm³/mol. The topological polar surface area (TPSA) is 63.1 Å². The van der Waals surface area contributed by atoms with Crippen molar-refractivity contribution in [1.82, 2.24) is 9.97 Å². The first kappa shape index (κ1) is 35.4. The molecule has 0 aliphatic heterocycles. The maximum Gasteiger partial charge on any atom is 0.164 e. The van der Waals surface area contributed by atoms with Gasteiger partial charge >= 0.3 is 0 Å². The van der Waals surface area contributed by atoms with Crippen LogP contribution in [0.3, 0.4) is 0 Å². The third-order valence-corrected chi connectivity index (χ3v) is 10.9. The summed E-state index contributed by atoms with van der Waals surface area (Å²) in [6, 6.07) is 29.1. The molecule has 2 heterocycles. The minimum atomic E-state index is -0.337. The first-order valence-corrected chi connectivity index (χ1v) is 16.8. The van der Waals surface area contributed by atoms with Crippen LogP contribution in [0, 0.1) is 23.8 Å². The molecule has 4 nitrogen and oxygen atoms in total.